The maximum absolute atomic E-state index is 13.7. The zero-order chi connectivity index (χ0) is 19.6. The lowest BCUT2D eigenvalue weighted by Gasteiger charge is -2.35. The van der Waals surface area contributed by atoms with Crippen LogP contribution in [0.1, 0.15) is 16.7 Å². The monoisotopic (exact) mass is 369 g/mol. The van der Waals surface area contributed by atoms with E-state index in [9.17, 15) is 4.79 Å². The van der Waals surface area contributed by atoms with E-state index in [1.165, 1.54) is 0 Å². The number of anilines is 1. The molecule has 3 nitrogen and oxygen atoms in total. The van der Waals surface area contributed by atoms with E-state index in [0.29, 0.717) is 6.61 Å². The number of fused-ring (bicyclic) bond motifs is 1. The van der Waals surface area contributed by atoms with Gasteiger partial charge >= 0.3 is 0 Å². The molecule has 0 spiro atoms. The molecule has 4 rings (SSSR count). The molecule has 0 N–H and O–H groups in total. The van der Waals surface area contributed by atoms with Crippen molar-refractivity contribution in [2.45, 2.75) is 18.1 Å². The van der Waals surface area contributed by atoms with Crippen molar-refractivity contribution in [2.75, 3.05) is 11.9 Å². The number of para-hydroxylation sites is 1. The minimum absolute atomic E-state index is 0.00198. The molecule has 140 valence electrons. The van der Waals surface area contributed by atoms with Gasteiger partial charge in [-0.25, -0.2) is 0 Å². The summed E-state index contributed by atoms with van der Waals surface area (Å²) in [7, 11) is 1.82. The van der Waals surface area contributed by atoms with Crippen LogP contribution in [0.5, 0.6) is 0 Å². The van der Waals surface area contributed by atoms with Gasteiger partial charge in [0.05, 0.1) is 12.7 Å². The summed E-state index contributed by atoms with van der Waals surface area (Å²) in [5, 5.41) is 0. The van der Waals surface area contributed by atoms with E-state index in [1.807, 2.05) is 92.0 Å². The number of carbonyl (C=O) groups excluding carboxylic acids is 1. The summed E-state index contributed by atoms with van der Waals surface area (Å²) >= 11 is 0. The standard InChI is InChI=1S/C25H23NO2/c1-3-23(28-18-19-12-6-4-7-13-19)25(20-14-8-5-9-15-20)21-16-10-11-17-22(21)26(2)24(25)27/h3-17,23H,1,18H2,2H3/t23-,25-/m0/s1. The van der Waals surface area contributed by atoms with Gasteiger partial charge in [0.15, 0.2) is 0 Å². The Morgan fingerprint density at radius 1 is 0.964 bits per heavy atom. The number of likely N-dealkylation sites (N-methyl/N-ethyl adjacent to an activating group) is 1. The minimum Gasteiger partial charge on any atom is -0.368 e. The van der Waals surface area contributed by atoms with Crippen molar-refractivity contribution < 1.29 is 9.53 Å². The largest absolute Gasteiger partial charge is 0.368 e. The summed E-state index contributed by atoms with van der Waals surface area (Å²) in [6, 6.07) is 27.8. The van der Waals surface area contributed by atoms with Crippen molar-refractivity contribution in [2.24, 2.45) is 0 Å². The highest BCUT2D eigenvalue weighted by Gasteiger charge is 2.55. The number of rotatable bonds is 6. The van der Waals surface area contributed by atoms with Crippen LogP contribution in [0.3, 0.4) is 0 Å². The van der Waals surface area contributed by atoms with Gasteiger partial charge in [0, 0.05) is 12.7 Å². The maximum atomic E-state index is 13.7. The van der Waals surface area contributed by atoms with Gasteiger partial charge < -0.3 is 9.64 Å². The molecule has 0 radical (unpaired) electrons. The number of benzene rings is 3. The third-order valence-corrected chi connectivity index (χ3v) is 5.47. The molecule has 0 unspecified atom stereocenters. The van der Waals surface area contributed by atoms with E-state index in [0.717, 1.165) is 22.4 Å². The molecule has 1 aliphatic heterocycles. The van der Waals surface area contributed by atoms with Crippen LogP contribution in [0.15, 0.2) is 97.6 Å². The van der Waals surface area contributed by atoms with Gasteiger partial charge in [0.1, 0.15) is 5.41 Å². The summed E-state index contributed by atoms with van der Waals surface area (Å²) in [5.74, 6) is -0.00198. The fraction of sp³-hybridized carbons (Fsp3) is 0.160. The second-order valence-electron chi connectivity index (χ2n) is 7.01. The lowest BCUT2D eigenvalue weighted by atomic mass is 9.71. The molecule has 3 aromatic carbocycles. The lowest BCUT2D eigenvalue weighted by molar-refractivity contribution is -0.125. The Kier molecular flexibility index (Phi) is 4.84. The molecule has 2 atom stereocenters. The molecule has 0 fully saturated rings. The van der Waals surface area contributed by atoms with Crippen molar-refractivity contribution in [3.63, 3.8) is 0 Å². The van der Waals surface area contributed by atoms with E-state index in [4.69, 9.17) is 4.74 Å². The molecular formula is C25H23NO2. The van der Waals surface area contributed by atoms with Gasteiger partial charge in [-0.15, -0.1) is 6.58 Å². The first-order valence-corrected chi connectivity index (χ1v) is 9.41. The molecule has 3 aromatic rings. The second-order valence-corrected chi connectivity index (χ2v) is 7.01. The number of hydrogen-bond donors (Lipinski definition) is 0. The van der Waals surface area contributed by atoms with Crippen LogP contribution in [0.25, 0.3) is 0 Å². The molecule has 28 heavy (non-hydrogen) atoms. The van der Waals surface area contributed by atoms with Crippen molar-refractivity contribution >= 4 is 11.6 Å². The zero-order valence-electron chi connectivity index (χ0n) is 15.9. The fourth-order valence-electron chi connectivity index (χ4n) is 4.14. The third kappa shape index (κ3) is 2.76. The first-order chi connectivity index (χ1) is 13.7. The van der Waals surface area contributed by atoms with Crippen LogP contribution in [0.4, 0.5) is 5.69 Å². The molecule has 1 amide bonds. The Labute approximate surface area is 165 Å². The summed E-state index contributed by atoms with van der Waals surface area (Å²) < 4.78 is 6.33. The highest BCUT2D eigenvalue weighted by Crippen LogP contribution is 2.49. The van der Waals surface area contributed by atoms with Gasteiger partial charge in [-0.05, 0) is 22.8 Å². The Morgan fingerprint density at radius 3 is 2.25 bits per heavy atom. The van der Waals surface area contributed by atoms with Crippen molar-refractivity contribution in [1.82, 2.24) is 0 Å². The maximum Gasteiger partial charge on any atom is 0.244 e. The molecule has 0 saturated carbocycles. The zero-order valence-corrected chi connectivity index (χ0v) is 15.9. The summed E-state index contributed by atoms with van der Waals surface area (Å²) in [6.07, 6.45) is 1.25. The van der Waals surface area contributed by atoms with Gasteiger partial charge in [-0.2, -0.15) is 0 Å². The topological polar surface area (TPSA) is 29.5 Å². The van der Waals surface area contributed by atoms with Crippen LogP contribution in [-0.4, -0.2) is 19.1 Å². The van der Waals surface area contributed by atoms with Crippen LogP contribution >= 0.6 is 0 Å². The van der Waals surface area contributed by atoms with Gasteiger partial charge in [-0.3, -0.25) is 4.79 Å². The van der Waals surface area contributed by atoms with Crippen LogP contribution < -0.4 is 4.90 Å². The van der Waals surface area contributed by atoms with Gasteiger partial charge in [0.2, 0.25) is 5.91 Å². The van der Waals surface area contributed by atoms with Crippen molar-refractivity contribution in [3.05, 3.63) is 114 Å². The molecule has 0 saturated heterocycles. The van der Waals surface area contributed by atoms with Crippen LogP contribution in [0.2, 0.25) is 0 Å². The first kappa shape index (κ1) is 18.2. The normalized spacial score (nSPS) is 19.3. The molecule has 0 aliphatic carbocycles. The highest BCUT2D eigenvalue weighted by molar-refractivity contribution is 6.10. The second kappa shape index (κ2) is 7.45. The predicted octanol–water partition coefficient (Wildman–Crippen LogP) is 4.72. The summed E-state index contributed by atoms with van der Waals surface area (Å²) in [5.41, 5.74) is 2.88. The molecule has 1 aliphatic rings. The van der Waals surface area contributed by atoms with Crippen LogP contribution in [-0.2, 0) is 21.6 Å². The van der Waals surface area contributed by atoms with Gasteiger partial charge in [0.25, 0.3) is 0 Å². The Morgan fingerprint density at radius 2 is 1.57 bits per heavy atom. The average Bonchev–Trinajstić information content (AvgIpc) is 2.99. The third-order valence-electron chi connectivity index (χ3n) is 5.47. The van der Waals surface area contributed by atoms with E-state index in [2.05, 4.69) is 6.58 Å². The van der Waals surface area contributed by atoms with Crippen molar-refractivity contribution in [1.29, 1.82) is 0 Å². The molecule has 1 heterocycles. The number of carbonyl (C=O) groups is 1. The number of ether oxygens (including phenoxy) is 1. The van der Waals surface area contributed by atoms with Gasteiger partial charge in [-0.1, -0.05) is 84.9 Å². The number of hydrogen-bond acceptors (Lipinski definition) is 2. The highest BCUT2D eigenvalue weighted by atomic mass is 16.5. The summed E-state index contributed by atoms with van der Waals surface area (Å²) in [6.45, 7) is 4.43. The Hall–Kier alpha value is -3.17. The van der Waals surface area contributed by atoms with Crippen LogP contribution in [0, 0.1) is 0 Å². The average molecular weight is 369 g/mol. The molecule has 0 bridgehead atoms. The van der Waals surface area contributed by atoms with E-state index >= 15 is 0 Å². The number of nitrogens with zero attached hydrogens (tertiary/aromatic N) is 1. The predicted molar refractivity (Wildman–Crippen MR) is 112 cm³/mol. The number of amides is 1. The Balaban J connectivity index is 1.85. The Bertz CT molecular complexity index is 984. The van der Waals surface area contributed by atoms with E-state index in [-0.39, 0.29) is 5.91 Å². The quantitative estimate of drug-likeness (QED) is 0.589. The molecular weight excluding hydrogens is 346 g/mol. The SMILES string of the molecule is C=C[C@H](OCc1ccccc1)[C@@]1(c2ccccc2)C(=O)N(C)c2ccccc21. The van der Waals surface area contributed by atoms with E-state index < -0.39 is 11.5 Å². The summed E-state index contributed by atoms with van der Waals surface area (Å²) in [4.78, 5) is 15.4. The lowest BCUT2D eigenvalue weighted by Crippen LogP contribution is -2.49. The smallest absolute Gasteiger partial charge is 0.244 e. The fourth-order valence-corrected chi connectivity index (χ4v) is 4.14. The molecule has 3 heteroatoms. The van der Waals surface area contributed by atoms with E-state index in [1.54, 1.807) is 11.0 Å². The minimum atomic E-state index is -0.955. The molecule has 0 aromatic heterocycles. The first-order valence-electron chi connectivity index (χ1n) is 9.41. The van der Waals surface area contributed by atoms with Crippen molar-refractivity contribution in [3.8, 4) is 0 Å².